The van der Waals surface area contributed by atoms with Crippen molar-refractivity contribution in [3.8, 4) is 16.9 Å². The van der Waals surface area contributed by atoms with Crippen molar-refractivity contribution in [2.45, 2.75) is 0 Å². The summed E-state index contributed by atoms with van der Waals surface area (Å²) in [4.78, 5) is 14.2. The van der Waals surface area contributed by atoms with Crippen LogP contribution in [0.4, 0.5) is 11.8 Å². The first kappa shape index (κ1) is 20.1. The summed E-state index contributed by atoms with van der Waals surface area (Å²) in [5.74, 6) is 1.12. The van der Waals surface area contributed by atoms with Crippen molar-refractivity contribution in [1.82, 2.24) is 24.6 Å². The first-order valence-corrected chi connectivity index (χ1v) is 10.8. The molecule has 1 aliphatic rings. The van der Waals surface area contributed by atoms with Crippen molar-refractivity contribution in [2.24, 2.45) is 0 Å². The standard InChI is InChI=1S/C22H21Cl2N7/c1-29-9-11-30(12-10-29)22-26-19(14-5-3-2-4-6-14)18-20(25)31(28-21(18)27-22)15-7-8-16(23)17(24)13-15/h2-8,13H,9-12,25H2,1H3. The van der Waals surface area contributed by atoms with Crippen LogP contribution in [-0.2, 0) is 0 Å². The molecule has 0 spiro atoms. The van der Waals surface area contributed by atoms with E-state index < -0.39 is 0 Å². The van der Waals surface area contributed by atoms with Gasteiger partial charge in [0, 0.05) is 31.7 Å². The molecule has 1 fully saturated rings. The van der Waals surface area contributed by atoms with Gasteiger partial charge in [0.05, 0.1) is 26.8 Å². The maximum atomic E-state index is 6.57. The minimum Gasteiger partial charge on any atom is -0.383 e. The summed E-state index contributed by atoms with van der Waals surface area (Å²) in [6.07, 6.45) is 0. The van der Waals surface area contributed by atoms with E-state index in [1.165, 1.54) is 0 Å². The number of likely N-dealkylation sites (N-methyl/N-ethyl adjacent to an activating group) is 1. The van der Waals surface area contributed by atoms with Crippen LogP contribution < -0.4 is 10.6 Å². The first-order chi connectivity index (χ1) is 15.0. The van der Waals surface area contributed by atoms with Gasteiger partial charge in [-0.3, -0.25) is 0 Å². The number of rotatable bonds is 3. The number of nitrogens with zero attached hydrogens (tertiary/aromatic N) is 6. The Bertz CT molecular complexity index is 1250. The Labute approximate surface area is 190 Å². The zero-order valence-corrected chi connectivity index (χ0v) is 18.5. The molecule has 7 nitrogen and oxygen atoms in total. The van der Waals surface area contributed by atoms with Crippen LogP contribution in [-0.4, -0.2) is 57.9 Å². The Morgan fingerprint density at radius 2 is 1.65 bits per heavy atom. The Balaban J connectivity index is 1.71. The minimum atomic E-state index is 0.436. The van der Waals surface area contributed by atoms with Gasteiger partial charge in [0.15, 0.2) is 5.65 Å². The Morgan fingerprint density at radius 1 is 0.903 bits per heavy atom. The molecule has 9 heteroatoms. The van der Waals surface area contributed by atoms with Crippen molar-refractivity contribution in [3.05, 3.63) is 58.6 Å². The van der Waals surface area contributed by atoms with Gasteiger partial charge in [-0.25, -0.2) is 9.67 Å². The fraction of sp³-hybridized carbons (Fsp3) is 0.227. The Morgan fingerprint density at radius 3 is 2.35 bits per heavy atom. The lowest BCUT2D eigenvalue weighted by molar-refractivity contribution is 0.311. The van der Waals surface area contributed by atoms with E-state index in [1.807, 2.05) is 36.4 Å². The minimum absolute atomic E-state index is 0.436. The fourth-order valence-electron chi connectivity index (χ4n) is 3.77. The number of benzene rings is 2. The van der Waals surface area contributed by atoms with E-state index in [1.54, 1.807) is 16.8 Å². The average molecular weight is 454 g/mol. The summed E-state index contributed by atoms with van der Waals surface area (Å²) < 4.78 is 1.64. The number of aromatic nitrogens is 4. The SMILES string of the molecule is CN1CCN(c2nc(-c3ccccc3)c3c(N)n(-c4ccc(Cl)c(Cl)c4)nc3n2)CC1. The molecule has 4 aromatic rings. The normalized spacial score (nSPS) is 15.0. The van der Waals surface area contributed by atoms with Crippen molar-refractivity contribution in [1.29, 1.82) is 0 Å². The van der Waals surface area contributed by atoms with Crippen molar-refractivity contribution >= 4 is 46.0 Å². The van der Waals surface area contributed by atoms with Crippen LogP contribution >= 0.6 is 23.2 Å². The summed E-state index contributed by atoms with van der Waals surface area (Å²) in [7, 11) is 2.12. The predicted octanol–water partition coefficient (Wildman–Crippen LogP) is 4.12. The highest BCUT2D eigenvalue weighted by atomic mass is 35.5. The van der Waals surface area contributed by atoms with Crippen LogP contribution in [0, 0.1) is 0 Å². The van der Waals surface area contributed by atoms with Crippen LogP contribution in [0.2, 0.25) is 10.0 Å². The third-order valence-electron chi connectivity index (χ3n) is 5.54. The highest BCUT2D eigenvalue weighted by molar-refractivity contribution is 6.42. The van der Waals surface area contributed by atoms with Crippen LogP contribution in [0.1, 0.15) is 0 Å². The summed E-state index contributed by atoms with van der Waals surface area (Å²) in [5.41, 5.74) is 9.56. The van der Waals surface area contributed by atoms with E-state index in [2.05, 4.69) is 16.8 Å². The maximum Gasteiger partial charge on any atom is 0.228 e. The third kappa shape index (κ3) is 3.69. The lowest BCUT2D eigenvalue weighted by Crippen LogP contribution is -2.45. The highest BCUT2D eigenvalue weighted by Crippen LogP contribution is 2.34. The molecule has 31 heavy (non-hydrogen) atoms. The van der Waals surface area contributed by atoms with Gasteiger partial charge in [-0.2, -0.15) is 4.98 Å². The monoisotopic (exact) mass is 453 g/mol. The summed E-state index contributed by atoms with van der Waals surface area (Å²) in [6, 6.07) is 15.3. The van der Waals surface area contributed by atoms with Gasteiger partial charge >= 0.3 is 0 Å². The van der Waals surface area contributed by atoms with Crippen molar-refractivity contribution in [3.63, 3.8) is 0 Å². The lowest BCUT2D eigenvalue weighted by Gasteiger charge is -2.32. The van der Waals surface area contributed by atoms with Crippen molar-refractivity contribution < 1.29 is 0 Å². The number of nitrogens with two attached hydrogens (primary N) is 1. The van der Waals surface area contributed by atoms with Crippen LogP contribution in [0.25, 0.3) is 28.0 Å². The second-order valence-corrected chi connectivity index (χ2v) is 8.44. The predicted molar refractivity (Wildman–Crippen MR) is 126 cm³/mol. The van der Waals surface area contributed by atoms with Crippen LogP contribution in [0.5, 0.6) is 0 Å². The number of hydrogen-bond acceptors (Lipinski definition) is 6. The summed E-state index contributed by atoms with van der Waals surface area (Å²) >= 11 is 12.3. The van der Waals surface area contributed by atoms with Gasteiger partial charge in [0.1, 0.15) is 5.82 Å². The lowest BCUT2D eigenvalue weighted by atomic mass is 10.1. The van der Waals surface area contributed by atoms with E-state index in [9.17, 15) is 0 Å². The second kappa shape index (κ2) is 8.00. The van der Waals surface area contributed by atoms with E-state index in [0.29, 0.717) is 33.1 Å². The molecule has 0 radical (unpaired) electrons. The van der Waals surface area contributed by atoms with Crippen LogP contribution in [0.3, 0.4) is 0 Å². The third-order valence-corrected chi connectivity index (χ3v) is 6.28. The molecule has 0 bridgehead atoms. The molecule has 0 saturated carbocycles. The zero-order valence-electron chi connectivity index (χ0n) is 17.0. The molecule has 2 N–H and O–H groups in total. The molecule has 0 aliphatic carbocycles. The van der Waals surface area contributed by atoms with Gasteiger partial charge in [0.25, 0.3) is 0 Å². The second-order valence-electron chi connectivity index (χ2n) is 7.62. The zero-order chi connectivity index (χ0) is 21.5. The van der Waals surface area contributed by atoms with E-state index >= 15 is 0 Å². The average Bonchev–Trinajstić information content (AvgIpc) is 3.12. The van der Waals surface area contributed by atoms with E-state index in [0.717, 1.165) is 42.8 Å². The molecule has 2 aromatic heterocycles. The molecular weight excluding hydrogens is 433 g/mol. The molecule has 0 amide bonds. The molecule has 1 saturated heterocycles. The number of nitrogen functional groups attached to an aromatic ring is 1. The smallest absolute Gasteiger partial charge is 0.228 e. The number of halogens is 2. The van der Waals surface area contributed by atoms with Gasteiger partial charge in [-0.1, -0.05) is 53.5 Å². The molecule has 2 aromatic carbocycles. The fourth-order valence-corrected chi connectivity index (χ4v) is 4.06. The van der Waals surface area contributed by atoms with E-state index in [-0.39, 0.29) is 0 Å². The Hall–Kier alpha value is -2.87. The molecule has 158 valence electrons. The maximum absolute atomic E-state index is 6.57. The van der Waals surface area contributed by atoms with Gasteiger partial charge in [0.2, 0.25) is 5.95 Å². The molecule has 3 heterocycles. The molecule has 1 aliphatic heterocycles. The first-order valence-electron chi connectivity index (χ1n) is 10.0. The molecule has 0 atom stereocenters. The van der Waals surface area contributed by atoms with Crippen LogP contribution in [0.15, 0.2) is 48.5 Å². The van der Waals surface area contributed by atoms with Gasteiger partial charge in [-0.05, 0) is 25.2 Å². The summed E-state index contributed by atoms with van der Waals surface area (Å²) in [5, 5.41) is 6.34. The number of piperazine rings is 1. The topological polar surface area (TPSA) is 76.1 Å². The number of hydrogen-bond donors (Lipinski definition) is 1. The number of fused-ring (bicyclic) bond motifs is 1. The molecular formula is C22H21Cl2N7. The molecule has 5 rings (SSSR count). The molecule has 0 unspecified atom stereocenters. The van der Waals surface area contributed by atoms with Gasteiger partial charge < -0.3 is 15.5 Å². The largest absolute Gasteiger partial charge is 0.383 e. The van der Waals surface area contributed by atoms with E-state index in [4.69, 9.17) is 44.0 Å². The van der Waals surface area contributed by atoms with Crippen molar-refractivity contribution in [2.75, 3.05) is 43.9 Å². The highest BCUT2D eigenvalue weighted by Gasteiger charge is 2.23. The Kier molecular flexibility index (Phi) is 5.17. The summed E-state index contributed by atoms with van der Waals surface area (Å²) in [6.45, 7) is 3.64. The quantitative estimate of drug-likeness (QED) is 0.502. The number of anilines is 2. The van der Waals surface area contributed by atoms with Gasteiger partial charge in [-0.15, -0.1) is 5.10 Å².